The first-order valence-electron chi connectivity index (χ1n) is 7.10. The minimum Gasteiger partial charge on any atom is -0.493 e. The van der Waals surface area contributed by atoms with Gasteiger partial charge in [0.2, 0.25) is 5.88 Å². The highest BCUT2D eigenvalue weighted by molar-refractivity contribution is 6.32. The zero-order chi connectivity index (χ0) is 18.1. The third kappa shape index (κ3) is 2.91. The molecule has 7 nitrogen and oxygen atoms in total. The molecule has 25 heavy (non-hydrogen) atoms. The van der Waals surface area contributed by atoms with Crippen molar-refractivity contribution in [2.45, 2.75) is 6.92 Å². The summed E-state index contributed by atoms with van der Waals surface area (Å²) < 4.78 is 1.21. The van der Waals surface area contributed by atoms with Gasteiger partial charge in [0.25, 0.3) is 0 Å². The zero-order valence-corrected chi connectivity index (χ0v) is 13.7. The van der Waals surface area contributed by atoms with E-state index in [0.29, 0.717) is 22.4 Å². The smallest absolute Gasteiger partial charge is 0.337 e. The molecule has 0 aliphatic carbocycles. The van der Waals surface area contributed by atoms with Crippen molar-refractivity contribution in [3.05, 3.63) is 58.4 Å². The molecule has 0 unspecified atom stereocenters. The monoisotopic (exact) mass is 354 g/mol. The Morgan fingerprint density at radius 2 is 2.08 bits per heavy atom. The first kappa shape index (κ1) is 16.5. The standard InChI is InChI=1S/C17H11ClN4O3/c1-9-15(10-2-3-11(7-19)13(18)6-10)16(23)22(21-9)14-5-4-12(8-20-14)17(24)25/h2-6,8,23H,1H3,(H,24,25). The summed E-state index contributed by atoms with van der Waals surface area (Å²) in [5.41, 5.74) is 1.96. The summed E-state index contributed by atoms with van der Waals surface area (Å²) in [6, 6.07) is 9.61. The maximum absolute atomic E-state index is 10.9. The molecule has 1 aromatic carbocycles. The molecular formula is C17H11ClN4O3. The van der Waals surface area contributed by atoms with Gasteiger partial charge in [0, 0.05) is 6.20 Å². The molecule has 0 bridgehead atoms. The van der Waals surface area contributed by atoms with Crippen LogP contribution in [0.15, 0.2) is 36.5 Å². The minimum atomic E-state index is -1.09. The SMILES string of the molecule is Cc1nn(-c2ccc(C(=O)O)cn2)c(O)c1-c1ccc(C#N)c(Cl)c1. The lowest BCUT2D eigenvalue weighted by molar-refractivity contribution is 0.0696. The summed E-state index contributed by atoms with van der Waals surface area (Å²) in [5, 5.41) is 32.9. The maximum Gasteiger partial charge on any atom is 0.337 e. The van der Waals surface area contributed by atoms with Crippen molar-refractivity contribution in [3.8, 4) is 28.9 Å². The van der Waals surface area contributed by atoms with Gasteiger partial charge in [-0.3, -0.25) is 0 Å². The average molecular weight is 355 g/mol. The Hall–Kier alpha value is -3.37. The molecule has 8 heteroatoms. The molecule has 0 saturated carbocycles. The van der Waals surface area contributed by atoms with Gasteiger partial charge in [0.15, 0.2) is 5.82 Å². The summed E-state index contributed by atoms with van der Waals surface area (Å²) >= 11 is 6.06. The Morgan fingerprint density at radius 3 is 2.64 bits per heavy atom. The number of carboxylic acid groups (broad SMARTS) is 1. The molecule has 0 amide bonds. The molecular weight excluding hydrogens is 344 g/mol. The highest BCUT2D eigenvalue weighted by Gasteiger charge is 2.19. The third-order valence-corrected chi connectivity index (χ3v) is 3.94. The van der Waals surface area contributed by atoms with Gasteiger partial charge in [0.1, 0.15) is 6.07 Å². The number of nitriles is 1. The zero-order valence-electron chi connectivity index (χ0n) is 12.9. The van der Waals surface area contributed by atoms with E-state index in [1.807, 2.05) is 6.07 Å². The topological polar surface area (TPSA) is 112 Å². The van der Waals surface area contributed by atoms with E-state index in [2.05, 4.69) is 10.1 Å². The number of aromatic carboxylic acids is 1. The van der Waals surface area contributed by atoms with Gasteiger partial charge in [-0.1, -0.05) is 17.7 Å². The minimum absolute atomic E-state index is 0.0335. The van der Waals surface area contributed by atoms with Crippen LogP contribution in [0.1, 0.15) is 21.6 Å². The second-order valence-electron chi connectivity index (χ2n) is 5.21. The third-order valence-electron chi connectivity index (χ3n) is 3.63. The first-order chi connectivity index (χ1) is 11.9. The Balaban J connectivity index is 2.08. The van der Waals surface area contributed by atoms with E-state index in [1.54, 1.807) is 25.1 Å². The van der Waals surface area contributed by atoms with Crippen LogP contribution in [0.4, 0.5) is 0 Å². The number of rotatable bonds is 3. The summed E-state index contributed by atoms with van der Waals surface area (Å²) in [4.78, 5) is 14.9. The molecule has 2 N–H and O–H groups in total. The number of carbonyl (C=O) groups is 1. The number of aryl methyl sites for hydroxylation is 1. The van der Waals surface area contributed by atoms with E-state index in [0.717, 1.165) is 0 Å². The molecule has 124 valence electrons. The number of carboxylic acids is 1. The number of aromatic hydroxyl groups is 1. The number of hydrogen-bond acceptors (Lipinski definition) is 5. The van der Waals surface area contributed by atoms with Crippen LogP contribution < -0.4 is 0 Å². The first-order valence-corrected chi connectivity index (χ1v) is 7.48. The molecule has 0 fully saturated rings. The predicted octanol–water partition coefficient (Wildman–Crippen LogP) is 3.17. The Bertz CT molecular complexity index is 1020. The van der Waals surface area contributed by atoms with Crippen LogP contribution in [0.3, 0.4) is 0 Å². The summed E-state index contributed by atoms with van der Waals surface area (Å²) in [6.45, 7) is 1.71. The van der Waals surface area contributed by atoms with E-state index in [1.165, 1.54) is 23.0 Å². The normalized spacial score (nSPS) is 10.4. The lowest BCUT2D eigenvalue weighted by atomic mass is 10.0. The largest absolute Gasteiger partial charge is 0.493 e. The Morgan fingerprint density at radius 1 is 1.32 bits per heavy atom. The summed E-state index contributed by atoms with van der Waals surface area (Å²) in [6.07, 6.45) is 1.19. The van der Waals surface area contributed by atoms with E-state index in [-0.39, 0.29) is 22.3 Å². The number of hydrogen-bond donors (Lipinski definition) is 2. The number of aromatic nitrogens is 3. The molecule has 0 atom stereocenters. The van der Waals surface area contributed by atoms with E-state index in [9.17, 15) is 9.90 Å². The highest BCUT2D eigenvalue weighted by atomic mass is 35.5. The van der Waals surface area contributed by atoms with Gasteiger partial charge in [-0.2, -0.15) is 15.0 Å². The molecule has 0 aliphatic heterocycles. The number of halogens is 1. The molecule has 2 heterocycles. The Labute approximate surface area is 147 Å². The Kier molecular flexibility index (Phi) is 4.13. The van der Waals surface area contributed by atoms with Crippen molar-refractivity contribution in [1.82, 2.24) is 14.8 Å². The van der Waals surface area contributed by atoms with Crippen molar-refractivity contribution in [3.63, 3.8) is 0 Å². The van der Waals surface area contributed by atoms with Crippen molar-refractivity contribution < 1.29 is 15.0 Å². The fraction of sp³-hybridized carbons (Fsp3) is 0.0588. The van der Waals surface area contributed by atoms with Crippen molar-refractivity contribution in [2.24, 2.45) is 0 Å². The molecule has 0 spiro atoms. The van der Waals surface area contributed by atoms with Crippen LogP contribution in [0.25, 0.3) is 16.9 Å². The van der Waals surface area contributed by atoms with Crippen LogP contribution in [-0.2, 0) is 0 Å². The van der Waals surface area contributed by atoms with Crippen LogP contribution in [-0.4, -0.2) is 30.9 Å². The number of nitrogens with zero attached hydrogens (tertiary/aromatic N) is 4. The van der Waals surface area contributed by atoms with Crippen LogP contribution in [0, 0.1) is 18.3 Å². The summed E-state index contributed by atoms with van der Waals surface area (Å²) in [5.74, 6) is -0.974. The van der Waals surface area contributed by atoms with Gasteiger partial charge < -0.3 is 10.2 Å². The van der Waals surface area contributed by atoms with Crippen molar-refractivity contribution in [2.75, 3.05) is 0 Å². The van der Waals surface area contributed by atoms with Crippen LogP contribution in [0.5, 0.6) is 5.88 Å². The second-order valence-corrected chi connectivity index (χ2v) is 5.62. The molecule has 2 aromatic heterocycles. The highest BCUT2D eigenvalue weighted by Crippen LogP contribution is 2.35. The lowest BCUT2D eigenvalue weighted by Gasteiger charge is -2.05. The van der Waals surface area contributed by atoms with Crippen LogP contribution >= 0.6 is 11.6 Å². The second kappa shape index (κ2) is 6.26. The molecule has 3 aromatic rings. The predicted molar refractivity (Wildman–Crippen MR) is 89.9 cm³/mol. The van der Waals surface area contributed by atoms with Crippen LogP contribution in [0.2, 0.25) is 5.02 Å². The maximum atomic E-state index is 10.9. The lowest BCUT2D eigenvalue weighted by Crippen LogP contribution is -2.02. The molecule has 0 radical (unpaired) electrons. The fourth-order valence-corrected chi connectivity index (χ4v) is 2.63. The van der Waals surface area contributed by atoms with Gasteiger partial charge >= 0.3 is 5.97 Å². The van der Waals surface area contributed by atoms with Gasteiger partial charge in [-0.15, -0.1) is 0 Å². The fourth-order valence-electron chi connectivity index (χ4n) is 2.41. The van der Waals surface area contributed by atoms with Gasteiger partial charge in [-0.05, 0) is 36.8 Å². The van der Waals surface area contributed by atoms with Crippen molar-refractivity contribution in [1.29, 1.82) is 5.26 Å². The van der Waals surface area contributed by atoms with Gasteiger partial charge in [0.05, 0.1) is 27.4 Å². The average Bonchev–Trinajstić information content (AvgIpc) is 2.89. The molecule has 0 aliphatic rings. The summed E-state index contributed by atoms with van der Waals surface area (Å²) in [7, 11) is 0. The molecule has 3 rings (SSSR count). The quantitative estimate of drug-likeness (QED) is 0.747. The van der Waals surface area contributed by atoms with E-state index < -0.39 is 5.97 Å². The van der Waals surface area contributed by atoms with Crippen molar-refractivity contribution >= 4 is 17.6 Å². The van der Waals surface area contributed by atoms with E-state index in [4.69, 9.17) is 22.0 Å². The number of pyridine rings is 1. The van der Waals surface area contributed by atoms with Gasteiger partial charge in [-0.25, -0.2) is 9.78 Å². The molecule has 0 saturated heterocycles. The van der Waals surface area contributed by atoms with E-state index >= 15 is 0 Å². The number of benzene rings is 1.